The molecule has 13 heteroatoms. The molecule has 0 aliphatic carbocycles. The smallest absolute Gasteiger partial charge is 0.380 e. The Morgan fingerprint density at radius 1 is 1.07 bits per heavy atom. The third kappa shape index (κ3) is 9.86. The van der Waals surface area contributed by atoms with Crippen molar-refractivity contribution in [1.29, 1.82) is 0 Å². The summed E-state index contributed by atoms with van der Waals surface area (Å²) in [7, 11) is -8.81. The number of halogens is 3. The van der Waals surface area contributed by atoms with Crippen LogP contribution in [0.3, 0.4) is 0 Å². The molecular weight excluding hydrogens is 596 g/mol. The molecule has 0 saturated carbocycles. The minimum Gasteiger partial charge on any atom is -0.380 e. The number of nitrogens with zero attached hydrogens (tertiary/aromatic N) is 1. The van der Waals surface area contributed by atoms with Crippen LogP contribution in [0, 0.1) is 6.92 Å². The summed E-state index contributed by atoms with van der Waals surface area (Å²) in [5.41, 5.74) is -4.02. The van der Waals surface area contributed by atoms with Crippen molar-refractivity contribution >= 4 is 34.9 Å². The van der Waals surface area contributed by atoms with Crippen molar-refractivity contribution in [2.24, 2.45) is 0 Å². The fourth-order valence-corrected chi connectivity index (χ4v) is 8.10. The zero-order valence-electron chi connectivity index (χ0n) is 23.5. The number of hydrogen-bond donors (Lipinski definition) is 1. The quantitative estimate of drug-likeness (QED) is 0.169. The van der Waals surface area contributed by atoms with E-state index in [4.69, 9.17) is 9.05 Å². The Hall–Kier alpha value is -1.82. The molecular formula is C28H38F3N2O5PS2. The highest BCUT2D eigenvalue weighted by atomic mass is 32.2. The van der Waals surface area contributed by atoms with E-state index in [2.05, 4.69) is 10.2 Å². The lowest BCUT2D eigenvalue weighted by molar-refractivity contribution is -0.0435. The molecule has 41 heavy (non-hydrogen) atoms. The number of piperidine rings is 1. The maximum Gasteiger partial charge on any atom is 0.501 e. The molecule has 228 valence electrons. The first-order chi connectivity index (χ1) is 19.4. The zero-order chi connectivity index (χ0) is 30.1. The summed E-state index contributed by atoms with van der Waals surface area (Å²) in [6.07, 6.45) is 1.98. The SMILES string of the molecule is CCOP(=O)(C=C1CCN(CC[C@H](CSc2ccccc2)Nc2ccc(C)cc2S(=O)(=O)C(F)(F)F)CC1)OCC. The molecule has 0 bridgehead atoms. The van der Waals surface area contributed by atoms with Gasteiger partial charge in [-0.2, -0.15) is 13.2 Å². The van der Waals surface area contributed by atoms with E-state index in [0.29, 0.717) is 37.1 Å². The van der Waals surface area contributed by atoms with Gasteiger partial charge in [-0.25, -0.2) is 8.42 Å². The number of rotatable bonds is 14. The Bertz CT molecular complexity index is 1300. The first kappa shape index (κ1) is 33.7. The van der Waals surface area contributed by atoms with Gasteiger partial charge in [-0.1, -0.05) is 29.8 Å². The molecule has 1 atom stereocenters. The van der Waals surface area contributed by atoms with Crippen LogP contribution in [0.25, 0.3) is 0 Å². The Kier molecular flexibility index (Phi) is 12.4. The molecule has 0 unspecified atom stereocenters. The van der Waals surface area contributed by atoms with Crippen LogP contribution in [-0.2, 0) is 23.4 Å². The number of anilines is 1. The third-order valence-electron chi connectivity index (χ3n) is 6.54. The summed E-state index contributed by atoms with van der Waals surface area (Å²) in [5.74, 6) is 2.16. The summed E-state index contributed by atoms with van der Waals surface area (Å²) >= 11 is 1.55. The average Bonchev–Trinajstić information content (AvgIpc) is 2.92. The van der Waals surface area contributed by atoms with Crippen molar-refractivity contribution in [3.63, 3.8) is 0 Å². The van der Waals surface area contributed by atoms with Crippen LogP contribution in [0.15, 0.2) is 69.7 Å². The number of aryl methyl sites for hydroxylation is 1. The molecule has 2 aromatic carbocycles. The van der Waals surface area contributed by atoms with Gasteiger partial charge in [-0.3, -0.25) is 4.57 Å². The van der Waals surface area contributed by atoms with E-state index >= 15 is 0 Å². The largest absolute Gasteiger partial charge is 0.501 e. The molecule has 1 saturated heterocycles. The molecule has 2 aromatic rings. The van der Waals surface area contributed by atoms with E-state index in [9.17, 15) is 26.2 Å². The number of nitrogens with one attached hydrogen (secondary N) is 1. The van der Waals surface area contributed by atoms with E-state index < -0.39 is 27.8 Å². The van der Waals surface area contributed by atoms with Crippen LogP contribution in [-0.4, -0.2) is 63.5 Å². The summed E-state index contributed by atoms with van der Waals surface area (Å²) in [6.45, 7) is 7.77. The molecule has 1 heterocycles. The minimum absolute atomic E-state index is 0.0574. The van der Waals surface area contributed by atoms with Crippen LogP contribution in [0.4, 0.5) is 18.9 Å². The lowest BCUT2D eigenvalue weighted by atomic mass is 10.1. The highest BCUT2D eigenvalue weighted by Crippen LogP contribution is 2.51. The molecule has 0 spiro atoms. The predicted molar refractivity (Wildman–Crippen MR) is 158 cm³/mol. The first-order valence-electron chi connectivity index (χ1n) is 13.5. The Balaban J connectivity index is 1.73. The summed E-state index contributed by atoms with van der Waals surface area (Å²) < 4.78 is 88.8. The molecule has 0 amide bonds. The van der Waals surface area contributed by atoms with Crippen molar-refractivity contribution in [3.8, 4) is 0 Å². The maximum atomic E-state index is 13.5. The number of hydrogen-bond acceptors (Lipinski definition) is 8. The highest BCUT2D eigenvalue weighted by molar-refractivity contribution is 7.99. The Morgan fingerprint density at radius 3 is 2.29 bits per heavy atom. The number of sulfone groups is 1. The van der Waals surface area contributed by atoms with E-state index in [1.807, 2.05) is 30.3 Å². The van der Waals surface area contributed by atoms with Gasteiger partial charge >= 0.3 is 13.1 Å². The van der Waals surface area contributed by atoms with Crippen molar-refractivity contribution in [2.75, 3.05) is 43.9 Å². The molecule has 7 nitrogen and oxygen atoms in total. The van der Waals surface area contributed by atoms with Gasteiger partial charge in [0, 0.05) is 42.1 Å². The summed E-state index contributed by atoms with van der Waals surface area (Å²) in [4.78, 5) is 2.49. The van der Waals surface area contributed by atoms with Crippen molar-refractivity contribution < 1.29 is 35.2 Å². The van der Waals surface area contributed by atoms with Gasteiger partial charge in [0.2, 0.25) is 0 Å². The summed E-state index contributed by atoms with van der Waals surface area (Å²) in [6, 6.07) is 13.4. The predicted octanol–water partition coefficient (Wildman–Crippen LogP) is 7.50. The van der Waals surface area contributed by atoms with Crippen LogP contribution >= 0.6 is 19.4 Å². The van der Waals surface area contributed by atoms with Gasteiger partial charge in [0.05, 0.1) is 23.8 Å². The van der Waals surface area contributed by atoms with Crippen LogP contribution < -0.4 is 5.32 Å². The van der Waals surface area contributed by atoms with Crippen molar-refractivity contribution in [1.82, 2.24) is 4.90 Å². The number of thioether (sulfide) groups is 1. The monoisotopic (exact) mass is 634 g/mol. The van der Waals surface area contributed by atoms with Crippen molar-refractivity contribution in [3.05, 3.63) is 65.5 Å². The van der Waals surface area contributed by atoms with Gasteiger partial charge in [-0.15, -0.1) is 11.8 Å². The second-order valence-electron chi connectivity index (χ2n) is 9.71. The van der Waals surface area contributed by atoms with Gasteiger partial charge in [0.1, 0.15) is 0 Å². The van der Waals surface area contributed by atoms with Gasteiger partial charge < -0.3 is 19.3 Å². The number of benzene rings is 2. The van der Waals surface area contributed by atoms with Crippen LogP contribution in [0.5, 0.6) is 0 Å². The Labute approximate surface area is 245 Å². The fraction of sp³-hybridized carbons (Fsp3) is 0.500. The standard InChI is InChI=1S/C28H38F3N2O5PS2/c1-4-37-39(34,38-5-2)20-23-13-16-33(17-14-23)18-15-24(21-40-25-9-7-6-8-10-25)32-26-12-11-22(3)19-27(26)41(35,36)28(29,30)31/h6-12,19-20,24,32H,4-5,13-18,21H2,1-3H3/t24-/m1/s1. The fourth-order valence-electron chi connectivity index (χ4n) is 4.45. The minimum atomic E-state index is -5.54. The van der Waals surface area contributed by atoms with Gasteiger partial charge in [-0.05, 0) is 69.9 Å². The number of likely N-dealkylation sites (tertiary alicyclic amines) is 1. The molecule has 0 aromatic heterocycles. The first-order valence-corrected chi connectivity index (χ1v) is 17.6. The second-order valence-corrected chi connectivity index (χ2v) is 14.6. The zero-order valence-corrected chi connectivity index (χ0v) is 26.1. The van der Waals surface area contributed by atoms with Gasteiger partial charge in [0.25, 0.3) is 9.84 Å². The molecule has 3 rings (SSSR count). The second kappa shape index (κ2) is 15.1. The topological polar surface area (TPSA) is 84.9 Å². The maximum absolute atomic E-state index is 13.5. The average molecular weight is 635 g/mol. The molecule has 1 aliphatic rings. The lowest BCUT2D eigenvalue weighted by Gasteiger charge is -2.31. The van der Waals surface area contributed by atoms with Crippen LogP contribution in [0.1, 0.15) is 38.7 Å². The Morgan fingerprint density at radius 2 is 1.71 bits per heavy atom. The van der Waals surface area contributed by atoms with Crippen molar-refractivity contribution in [2.45, 2.75) is 61.4 Å². The van der Waals surface area contributed by atoms with E-state index in [1.165, 1.54) is 6.07 Å². The van der Waals surface area contributed by atoms with Crippen LogP contribution in [0.2, 0.25) is 0 Å². The highest BCUT2D eigenvalue weighted by Gasteiger charge is 2.48. The van der Waals surface area contributed by atoms with Gasteiger partial charge in [0.15, 0.2) is 0 Å². The van der Waals surface area contributed by atoms with E-state index in [-0.39, 0.29) is 24.9 Å². The molecule has 1 fully saturated rings. The van der Waals surface area contributed by atoms with E-state index in [0.717, 1.165) is 29.6 Å². The molecule has 1 aliphatic heterocycles. The number of alkyl halides is 3. The third-order valence-corrected chi connectivity index (χ3v) is 11.2. The lowest BCUT2D eigenvalue weighted by Crippen LogP contribution is -2.35. The van der Waals surface area contributed by atoms with E-state index in [1.54, 1.807) is 44.4 Å². The molecule has 0 radical (unpaired) electrons. The normalized spacial score (nSPS) is 16.0. The molecule has 1 N–H and O–H groups in total. The summed E-state index contributed by atoms with van der Waals surface area (Å²) in [5, 5.41) is 3.12.